The number of benzene rings is 2. The van der Waals surface area contributed by atoms with Crippen molar-refractivity contribution in [3.63, 3.8) is 0 Å². The van der Waals surface area contributed by atoms with Crippen molar-refractivity contribution >= 4 is 11.7 Å². The zero-order chi connectivity index (χ0) is 17.8. The Labute approximate surface area is 145 Å². The second kappa shape index (κ2) is 7.09. The van der Waals surface area contributed by atoms with Crippen LogP contribution >= 0.6 is 0 Å². The van der Waals surface area contributed by atoms with Gasteiger partial charge in [0, 0.05) is 25.5 Å². The predicted octanol–water partition coefficient (Wildman–Crippen LogP) is 3.14. The molecule has 25 heavy (non-hydrogen) atoms. The summed E-state index contributed by atoms with van der Waals surface area (Å²) in [6.45, 7) is 2.33. The Hall–Kier alpha value is -3.28. The van der Waals surface area contributed by atoms with Crippen LogP contribution in [-0.2, 0) is 6.54 Å². The molecule has 0 radical (unpaired) electrons. The Morgan fingerprint density at radius 1 is 1.12 bits per heavy atom. The van der Waals surface area contributed by atoms with Crippen LogP contribution in [0.15, 0.2) is 65.6 Å². The molecule has 0 unspecified atom stereocenters. The fourth-order valence-electron chi connectivity index (χ4n) is 2.67. The van der Waals surface area contributed by atoms with E-state index in [4.69, 9.17) is 0 Å². The molecule has 2 aromatic carbocycles. The SMILES string of the molecule is Cc1c[nH]c(=O)n1-c1ccccc1NC(=O)N(C)Cc1ccccc1. The molecular formula is C19H20N4O2. The maximum absolute atomic E-state index is 12.5. The lowest BCUT2D eigenvalue weighted by Gasteiger charge is -2.19. The number of urea groups is 1. The van der Waals surface area contributed by atoms with Crippen LogP contribution in [0.1, 0.15) is 11.3 Å². The third-order valence-corrected chi connectivity index (χ3v) is 3.96. The van der Waals surface area contributed by atoms with Gasteiger partial charge in [0.2, 0.25) is 0 Å². The summed E-state index contributed by atoms with van der Waals surface area (Å²) in [6.07, 6.45) is 1.64. The summed E-state index contributed by atoms with van der Waals surface area (Å²) < 4.78 is 1.53. The van der Waals surface area contributed by atoms with Crippen LogP contribution < -0.4 is 11.0 Å². The van der Waals surface area contributed by atoms with Crippen LogP contribution in [-0.4, -0.2) is 27.5 Å². The van der Waals surface area contributed by atoms with Crippen molar-refractivity contribution in [2.75, 3.05) is 12.4 Å². The molecule has 0 saturated heterocycles. The van der Waals surface area contributed by atoms with Crippen molar-refractivity contribution in [3.05, 3.63) is 82.5 Å². The summed E-state index contributed by atoms with van der Waals surface area (Å²) in [5, 5.41) is 2.89. The number of aryl methyl sites for hydroxylation is 1. The van der Waals surface area contributed by atoms with Gasteiger partial charge in [-0.2, -0.15) is 0 Å². The van der Waals surface area contributed by atoms with Crippen LogP contribution in [0.4, 0.5) is 10.5 Å². The molecule has 6 nitrogen and oxygen atoms in total. The van der Waals surface area contributed by atoms with Crippen molar-refractivity contribution < 1.29 is 4.79 Å². The first-order valence-corrected chi connectivity index (χ1v) is 7.99. The minimum Gasteiger partial charge on any atom is -0.323 e. The zero-order valence-electron chi connectivity index (χ0n) is 14.2. The highest BCUT2D eigenvalue weighted by molar-refractivity contribution is 5.91. The van der Waals surface area contributed by atoms with Gasteiger partial charge in [-0.3, -0.25) is 4.57 Å². The lowest BCUT2D eigenvalue weighted by molar-refractivity contribution is 0.220. The van der Waals surface area contributed by atoms with E-state index >= 15 is 0 Å². The smallest absolute Gasteiger partial charge is 0.323 e. The molecule has 0 fully saturated rings. The highest BCUT2D eigenvalue weighted by atomic mass is 16.2. The fourth-order valence-corrected chi connectivity index (χ4v) is 2.67. The van der Waals surface area contributed by atoms with Gasteiger partial charge < -0.3 is 15.2 Å². The molecule has 0 spiro atoms. The minimum absolute atomic E-state index is 0.238. The molecule has 0 atom stereocenters. The van der Waals surface area contributed by atoms with E-state index in [1.807, 2.05) is 49.4 Å². The van der Waals surface area contributed by atoms with Crippen molar-refractivity contribution in [1.82, 2.24) is 14.5 Å². The summed E-state index contributed by atoms with van der Waals surface area (Å²) >= 11 is 0. The van der Waals surface area contributed by atoms with E-state index in [0.717, 1.165) is 11.3 Å². The number of para-hydroxylation sites is 2. The average Bonchev–Trinajstić information content (AvgIpc) is 2.95. The molecular weight excluding hydrogens is 316 g/mol. The first-order valence-electron chi connectivity index (χ1n) is 7.99. The minimum atomic E-state index is -0.239. The number of nitrogens with zero attached hydrogens (tertiary/aromatic N) is 2. The first kappa shape index (κ1) is 16.6. The standard InChI is InChI=1S/C19H20N4O2/c1-14-12-20-18(24)23(14)17-11-7-6-10-16(17)21-19(25)22(2)13-15-8-4-3-5-9-15/h3-12H,13H2,1-2H3,(H,20,24)(H,21,25). The Morgan fingerprint density at radius 2 is 1.80 bits per heavy atom. The van der Waals surface area contributed by atoms with Gasteiger partial charge >= 0.3 is 11.7 Å². The topological polar surface area (TPSA) is 70.1 Å². The lowest BCUT2D eigenvalue weighted by Crippen LogP contribution is -2.31. The van der Waals surface area contributed by atoms with Crippen LogP contribution in [0.5, 0.6) is 0 Å². The lowest BCUT2D eigenvalue weighted by atomic mass is 10.2. The Kier molecular flexibility index (Phi) is 4.70. The first-order chi connectivity index (χ1) is 12.1. The van der Waals surface area contributed by atoms with Gasteiger partial charge in [-0.05, 0) is 24.6 Å². The van der Waals surface area contributed by atoms with E-state index in [-0.39, 0.29) is 11.7 Å². The maximum Gasteiger partial charge on any atom is 0.330 e. The van der Waals surface area contributed by atoms with Gasteiger partial charge in [0.05, 0.1) is 11.4 Å². The van der Waals surface area contributed by atoms with Gasteiger partial charge in [-0.15, -0.1) is 0 Å². The van der Waals surface area contributed by atoms with Crippen molar-refractivity contribution in [3.8, 4) is 5.69 Å². The maximum atomic E-state index is 12.5. The average molecular weight is 336 g/mol. The van der Waals surface area contributed by atoms with Crippen LogP contribution in [0.2, 0.25) is 0 Å². The second-order valence-electron chi connectivity index (χ2n) is 5.86. The number of aromatic nitrogens is 2. The number of amides is 2. The van der Waals surface area contributed by atoms with Crippen LogP contribution in [0.3, 0.4) is 0 Å². The number of anilines is 1. The Morgan fingerprint density at radius 3 is 2.48 bits per heavy atom. The molecule has 0 aliphatic carbocycles. The van der Waals surface area contributed by atoms with E-state index in [9.17, 15) is 9.59 Å². The van der Waals surface area contributed by atoms with Crippen molar-refractivity contribution in [2.24, 2.45) is 0 Å². The molecule has 1 aromatic heterocycles. The number of carbonyl (C=O) groups is 1. The summed E-state index contributed by atoms with van der Waals surface area (Å²) in [5.41, 5.74) is 2.79. The molecule has 3 aromatic rings. The van der Waals surface area contributed by atoms with Crippen molar-refractivity contribution in [1.29, 1.82) is 0 Å². The molecule has 2 N–H and O–H groups in total. The van der Waals surface area contributed by atoms with Crippen LogP contribution in [0.25, 0.3) is 5.69 Å². The summed E-state index contributed by atoms with van der Waals surface area (Å²) in [4.78, 5) is 28.8. The number of nitrogens with one attached hydrogen (secondary N) is 2. The summed E-state index contributed by atoms with van der Waals surface area (Å²) in [6, 6.07) is 16.8. The number of imidazole rings is 1. The Balaban J connectivity index is 1.82. The van der Waals surface area contributed by atoms with Gasteiger partial charge in [0.1, 0.15) is 0 Å². The monoisotopic (exact) mass is 336 g/mol. The molecule has 1 heterocycles. The number of hydrogen-bond acceptors (Lipinski definition) is 2. The van der Waals surface area contributed by atoms with E-state index in [0.29, 0.717) is 17.9 Å². The molecule has 128 valence electrons. The van der Waals surface area contributed by atoms with Crippen LogP contribution in [0, 0.1) is 6.92 Å². The fraction of sp³-hybridized carbons (Fsp3) is 0.158. The molecule has 0 saturated carbocycles. The second-order valence-corrected chi connectivity index (χ2v) is 5.86. The van der Waals surface area contributed by atoms with Gasteiger partial charge in [-0.25, -0.2) is 9.59 Å². The van der Waals surface area contributed by atoms with Crippen molar-refractivity contribution in [2.45, 2.75) is 13.5 Å². The molecule has 0 aliphatic rings. The highest BCUT2D eigenvalue weighted by Crippen LogP contribution is 2.20. The van der Waals surface area contributed by atoms with Gasteiger partial charge in [-0.1, -0.05) is 42.5 Å². The quantitative estimate of drug-likeness (QED) is 0.768. The molecule has 2 amide bonds. The molecule has 0 aliphatic heterocycles. The van der Waals surface area contributed by atoms with Gasteiger partial charge in [0.25, 0.3) is 0 Å². The summed E-state index contributed by atoms with van der Waals surface area (Å²) in [5.74, 6) is 0. The van der Waals surface area contributed by atoms with E-state index in [2.05, 4.69) is 10.3 Å². The number of aromatic amines is 1. The number of H-pyrrole nitrogens is 1. The molecule has 6 heteroatoms. The largest absolute Gasteiger partial charge is 0.330 e. The molecule has 0 bridgehead atoms. The normalized spacial score (nSPS) is 10.5. The third kappa shape index (κ3) is 3.63. The van der Waals surface area contributed by atoms with E-state index < -0.39 is 0 Å². The number of carbonyl (C=O) groups excluding carboxylic acids is 1. The van der Waals surface area contributed by atoms with Gasteiger partial charge in [0.15, 0.2) is 0 Å². The highest BCUT2D eigenvalue weighted by Gasteiger charge is 2.14. The summed E-state index contributed by atoms with van der Waals surface area (Å²) in [7, 11) is 1.73. The third-order valence-electron chi connectivity index (χ3n) is 3.96. The van der Waals surface area contributed by atoms with E-state index in [1.165, 1.54) is 4.57 Å². The number of hydrogen-bond donors (Lipinski definition) is 2. The van der Waals surface area contributed by atoms with E-state index in [1.54, 1.807) is 30.3 Å². The predicted molar refractivity (Wildman–Crippen MR) is 98.1 cm³/mol. The zero-order valence-corrected chi connectivity index (χ0v) is 14.2. The Bertz CT molecular complexity index is 928. The molecule has 3 rings (SSSR count). The number of rotatable bonds is 4.